The van der Waals surface area contributed by atoms with Crippen LogP contribution in [0, 0.1) is 0 Å². The third-order valence-corrected chi connectivity index (χ3v) is 3.42. The van der Waals surface area contributed by atoms with Gasteiger partial charge in [0.25, 0.3) is 0 Å². The van der Waals surface area contributed by atoms with E-state index < -0.39 is 11.5 Å². The van der Waals surface area contributed by atoms with E-state index in [1.165, 1.54) is 0 Å². The van der Waals surface area contributed by atoms with Gasteiger partial charge in [0.05, 0.1) is 12.6 Å². The van der Waals surface area contributed by atoms with Crippen LogP contribution in [0.15, 0.2) is 0 Å². The van der Waals surface area contributed by atoms with E-state index in [1.807, 2.05) is 0 Å². The first-order valence-electron chi connectivity index (χ1n) is 6.01. The van der Waals surface area contributed by atoms with Crippen LogP contribution in [0.1, 0.15) is 25.7 Å². The molecular weight excluding hydrogens is 224 g/mol. The molecule has 0 spiro atoms. The minimum atomic E-state index is -1.23. The highest BCUT2D eigenvalue weighted by atomic mass is 16.5. The zero-order valence-electron chi connectivity index (χ0n) is 9.70. The zero-order chi connectivity index (χ0) is 12.3. The highest BCUT2D eigenvalue weighted by Crippen LogP contribution is 2.20. The molecule has 2 fully saturated rings. The molecule has 2 aliphatic heterocycles. The van der Waals surface area contributed by atoms with Gasteiger partial charge in [0.2, 0.25) is 5.91 Å². The number of piperidine rings is 1. The highest BCUT2D eigenvalue weighted by Gasteiger charge is 2.44. The monoisotopic (exact) mass is 242 g/mol. The quantitative estimate of drug-likeness (QED) is 0.620. The zero-order valence-corrected chi connectivity index (χ0v) is 9.70. The molecule has 0 radical (unpaired) electrons. The number of carboxylic acid groups (broad SMARTS) is 1. The van der Waals surface area contributed by atoms with E-state index >= 15 is 0 Å². The molecule has 0 aliphatic carbocycles. The molecular formula is C11H18N2O4. The average Bonchev–Trinajstić information content (AvgIpc) is 2.80. The summed E-state index contributed by atoms with van der Waals surface area (Å²) in [5.41, 5.74) is -1.23. The molecule has 0 aromatic carbocycles. The number of hydrogen-bond acceptors (Lipinski definition) is 4. The molecule has 2 heterocycles. The van der Waals surface area contributed by atoms with Crippen molar-refractivity contribution in [3.8, 4) is 0 Å². The summed E-state index contributed by atoms with van der Waals surface area (Å²) in [7, 11) is 0. The Morgan fingerprint density at radius 1 is 1.41 bits per heavy atom. The molecule has 17 heavy (non-hydrogen) atoms. The number of ether oxygens (including phenoxy) is 1. The van der Waals surface area contributed by atoms with Crippen LogP contribution in [-0.2, 0) is 14.3 Å². The molecule has 0 bridgehead atoms. The van der Waals surface area contributed by atoms with Crippen LogP contribution >= 0.6 is 0 Å². The maximum atomic E-state index is 12.0. The van der Waals surface area contributed by atoms with Gasteiger partial charge in [0.1, 0.15) is 0 Å². The van der Waals surface area contributed by atoms with Crippen molar-refractivity contribution in [3.63, 3.8) is 0 Å². The summed E-state index contributed by atoms with van der Waals surface area (Å²) in [5, 5.41) is 14.9. The molecule has 0 saturated carbocycles. The summed E-state index contributed by atoms with van der Waals surface area (Å²) in [6.45, 7) is 1.25. The van der Waals surface area contributed by atoms with Crippen molar-refractivity contribution in [3.05, 3.63) is 0 Å². The molecule has 3 N–H and O–H groups in total. The van der Waals surface area contributed by atoms with Gasteiger partial charge in [-0.25, -0.2) is 4.79 Å². The van der Waals surface area contributed by atoms with Gasteiger partial charge in [-0.05, 0) is 19.4 Å². The van der Waals surface area contributed by atoms with Crippen LogP contribution < -0.4 is 10.6 Å². The SMILES string of the molecule is O=C(NC1(C(=O)O)CCOC1)C1CCCCN1. The summed E-state index contributed by atoms with van der Waals surface area (Å²) in [6, 6.07) is -0.263. The van der Waals surface area contributed by atoms with Gasteiger partial charge in [-0.15, -0.1) is 0 Å². The molecule has 2 rings (SSSR count). The number of hydrogen-bond donors (Lipinski definition) is 3. The van der Waals surface area contributed by atoms with Crippen molar-refractivity contribution < 1.29 is 19.4 Å². The number of carboxylic acids is 1. The summed E-state index contributed by atoms with van der Waals surface area (Å²) in [4.78, 5) is 23.2. The second-order valence-electron chi connectivity index (χ2n) is 4.68. The number of amides is 1. The van der Waals surface area contributed by atoms with E-state index in [9.17, 15) is 14.7 Å². The third kappa shape index (κ3) is 2.58. The number of rotatable bonds is 3. The summed E-state index contributed by atoms with van der Waals surface area (Å²) >= 11 is 0. The van der Waals surface area contributed by atoms with E-state index in [-0.39, 0.29) is 18.6 Å². The van der Waals surface area contributed by atoms with Crippen molar-refractivity contribution in [2.45, 2.75) is 37.3 Å². The summed E-state index contributed by atoms with van der Waals surface area (Å²) in [6.07, 6.45) is 3.17. The lowest BCUT2D eigenvalue weighted by atomic mass is 9.97. The smallest absolute Gasteiger partial charge is 0.331 e. The molecule has 6 heteroatoms. The van der Waals surface area contributed by atoms with E-state index in [0.717, 1.165) is 25.8 Å². The third-order valence-electron chi connectivity index (χ3n) is 3.42. The minimum Gasteiger partial charge on any atom is -0.479 e. The predicted molar refractivity (Wildman–Crippen MR) is 59.6 cm³/mol. The second-order valence-corrected chi connectivity index (χ2v) is 4.68. The molecule has 96 valence electrons. The second kappa shape index (κ2) is 5.01. The highest BCUT2D eigenvalue weighted by molar-refractivity contribution is 5.90. The Bertz CT molecular complexity index is 307. The fraction of sp³-hybridized carbons (Fsp3) is 0.818. The fourth-order valence-corrected chi connectivity index (χ4v) is 2.28. The van der Waals surface area contributed by atoms with Gasteiger partial charge < -0.3 is 20.5 Å². The Morgan fingerprint density at radius 2 is 2.24 bits per heavy atom. The first kappa shape index (κ1) is 12.3. The summed E-state index contributed by atoms with van der Waals surface area (Å²) in [5.74, 6) is -1.24. The van der Waals surface area contributed by atoms with E-state index in [2.05, 4.69) is 10.6 Å². The summed E-state index contributed by atoms with van der Waals surface area (Å²) < 4.78 is 5.09. The number of nitrogens with one attached hydrogen (secondary N) is 2. The standard InChI is InChI=1S/C11H18N2O4/c14-9(8-3-1-2-5-12-8)13-11(10(15)16)4-6-17-7-11/h8,12H,1-7H2,(H,13,14)(H,15,16). The van der Waals surface area contributed by atoms with Gasteiger partial charge in [-0.2, -0.15) is 0 Å². The van der Waals surface area contributed by atoms with Crippen LogP contribution in [0.3, 0.4) is 0 Å². The van der Waals surface area contributed by atoms with Crippen molar-refractivity contribution >= 4 is 11.9 Å². The van der Waals surface area contributed by atoms with Crippen LogP contribution in [0.25, 0.3) is 0 Å². The fourth-order valence-electron chi connectivity index (χ4n) is 2.28. The largest absolute Gasteiger partial charge is 0.479 e. The number of carbonyl (C=O) groups is 2. The van der Waals surface area contributed by atoms with Crippen molar-refractivity contribution in [2.75, 3.05) is 19.8 Å². The lowest BCUT2D eigenvalue weighted by Gasteiger charge is -2.28. The Balaban J connectivity index is 1.98. The minimum absolute atomic E-state index is 0.0563. The van der Waals surface area contributed by atoms with Gasteiger partial charge in [-0.1, -0.05) is 6.42 Å². The lowest BCUT2D eigenvalue weighted by Crippen LogP contribution is -2.59. The van der Waals surface area contributed by atoms with E-state index in [1.54, 1.807) is 0 Å². The van der Waals surface area contributed by atoms with Crippen molar-refractivity contribution in [1.82, 2.24) is 10.6 Å². The topological polar surface area (TPSA) is 87.7 Å². The van der Waals surface area contributed by atoms with E-state index in [0.29, 0.717) is 13.0 Å². The Hall–Kier alpha value is -1.14. The molecule has 2 unspecified atom stereocenters. The number of aliphatic carboxylic acids is 1. The first-order chi connectivity index (χ1) is 8.14. The molecule has 2 aliphatic rings. The normalized spacial score (nSPS) is 33.3. The van der Waals surface area contributed by atoms with Crippen LogP contribution in [0.4, 0.5) is 0 Å². The molecule has 2 atom stereocenters. The molecule has 0 aromatic rings. The van der Waals surface area contributed by atoms with Gasteiger partial charge in [-0.3, -0.25) is 4.79 Å². The Morgan fingerprint density at radius 3 is 2.76 bits per heavy atom. The van der Waals surface area contributed by atoms with Crippen molar-refractivity contribution in [1.29, 1.82) is 0 Å². The van der Waals surface area contributed by atoms with Crippen molar-refractivity contribution in [2.24, 2.45) is 0 Å². The molecule has 2 saturated heterocycles. The van der Waals surface area contributed by atoms with Crippen LogP contribution in [-0.4, -0.2) is 48.3 Å². The molecule has 6 nitrogen and oxygen atoms in total. The predicted octanol–water partition coefficient (Wildman–Crippen LogP) is -0.512. The van der Waals surface area contributed by atoms with Gasteiger partial charge in [0, 0.05) is 13.0 Å². The van der Waals surface area contributed by atoms with Crippen LogP contribution in [0.2, 0.25) is 0 Å². The first-order valence-corrected chi connectivity index (χ1v) is 6.01. The number of carbonyl (C=O) groups excluding carboxylic acids is 1. The Labute approximate surface area is 99.7 Å². The Kier molecular flexibility index (Phi) is 3.63. The van der Waals surface area contributed by atoms with Crippen LogP contribution in [0.5, 0.6) is 0 Å². The van der Waals surface area contributed by atoms with Gasteiger partial charge >= 0.3 is 5.97 Å². The lowest BCUT2D eigenvalue weighted by molar-refractivity contribution is -0.148. The van der Waals surface area contributed by atoms with E-state index in [4.69, 9.17) is 4.74 Å². The average molecular weight is 242 g/mol. The maximum Gasteiger partial charge on any atom is 0.331 e. The van der Waals surface area contributed by atoms with Gasteiger partial charge in [0.15, 0.2) is 5.54 Å². The molecule has 1 amide bonds. The maximum absolute atomic E-state index is 12.0. The molecule has 0 aromatic heterocycles.